The smallest absolute Gasteiger partial charge is 0.246 e. The van der Waals surface area contributed by atoms with E-state index in [0.717, 1.165) is 110 Å². The number of hydrogen-bond acceptors (Lipinski definition) is 24. The van der Waals surface area contributed by atoms with Crippen molar-refractivity contribution in [3.8, 4) is 68.3 Å². The van der Waals surface area contributed by atoms with E-state index in [1.807, 2.05) is 225 Å². The maximum absolute atomic E-state index is 12.9. The van der Waals surface area contributed by atoms with Crippen LogP contribution in [0.5, 0.6) is 34.5 Å². The zero-order chi connectivity index (χ0) is 81.6. The highest BCUT2D eigenvalue weighted by atomic mass is 16.5. The topological polar surface area (TPSA) is 340 Å². The zero-order valence-corrected chi connectivity index (χ0v) is 66.9. The molecule has 12 aromatic rings. The van der Waals surface area contributed by atoms with Gasteiger partial charge in [0.25, 0.3) is 0 Å². The molecule has 0 saturated carbocycles. The van der Waals surface area contributed by atoms with Crippen LogP contribution in [-0.2, 0) is 19.1 Å². The summed E-state index contributed by atoms with van der Waals surface area (Å²) < 4.78 is 28.5. The number of nitrogens with zero attached hydrogens (tertiary/aromatic N) is 18. The van der Waals surface area contributed by atoms with Crippen LogP contribution in [0.25, 0.3) is 66.9 Å². The lowest BCUT2D eigenvalue weighted by molar-refractivity contribution is -0.125. The Hall–Kier alpha value is -12.8. The van der Waals surface area contributed by atoms with E-state index in [-0.39, 0.29) is 35.8 Å². The van der Waals surface area contributed by atoms with Gasteiger partial charge in [-0.05, 0) is 164 Å². The lowest BCUT2D eigenvalue weighted by atomic mass is 10.1. The van der Waals surface area contributed by atoms with Crippen molar-refractivity contribution in [2.45, 2.75) is 37.4 Å². The lowest BCUT2D eigenvalue weighted by Crippen LogP contribution is -2.30. The number of ether oxygens (including phenoxy) is 4. The van der Waals surface area contributed by atoms with Gasteiger partial charge < -0.3 is 76.2 Å². The summed E-state index contributed by atoms with van der Waals surface area (Å²) in [5, 5.41) is 23.5. The number of anilines is 3. The Morgan fingerprint density at radius 3 is 1.08 bits per heavy atom. The summed E-state index contributed by atoms with van der Waals surface area (Å²) in [6.45, 7) is 10.8. The van der Waals surface area contributed by atoms with Crippen molar-refractivity contribution in [3.05, 3.63) is 219 Å². The number of aromatic nitrogens is 12. The molecule has 3 saturated heterocycles. The molecule has 0 spiro atoms. The molecule has 9 heterocycles. The summed E-state index contributed by atoms with van der Waals surface area (Å²) in [6, 6.07) is 52.1. The van der Waals surface area contributed by atoms with E-state index in [9.17, 15) is 14.4 Å². The molecule has 3 amide bonds. The first kappa shape index (κ1) is 82.2. The van der Waals surface area contributed by atoms with E-state index >= 15 is 0 Å². The number of carbonyl (C=O) groups is 3. The molecule has 6 aromatic heterocycles. The molecule has 3 atom stereocenters. The number of benzene rings is 6. The van der Waals surface area contributed by atoms with Crippen molar-refractivity contribution < 1.29 is 33.3 Å². The second kappa shape index (κ2) is 40.0. The number of likely N-dealkylation sites (tertiary alicyclic amines) is 3. The maximum atomic E-state index is 12.9. The van der Waals surface area contributed by atoms with Gasteiger partial charge in [-0.15, -0.1) is 0 Å². The molecule has 6 aromatic carbocycles. The summed E-state index contributed by atoms with van der Waals surface area (Å²) in [5.74, 6) is 5.62. The molecule has 606 valence electrons. The van der Waals surface area contributed by atoms with Gasteiger partial charge in [0, 0.05) is 134 Å². The molecule has 117 heavy (non-hydrogen) atoms. The fourth-order valence-corrected chi connectivity index (χ4v) is 14.0. The van der Waals surface area contributed by atoms with Crippen molar-refractivity contribution in [2.24, 2.45) is 0 Å². The maximum Gasteiger partial charge on any atom is 0.246 e. The SMILES string of the molecule is CN(C)CCN(C)C/C=C/C(=O)N1CCC(n2nc(-c3ccc(Oc4ccccc4)cc3)c3c(N)ncnc32)C1.CN(C)CCNC/C=C/C(=O)N1CCC(n2nc(-c3ccc(Oc4ccccc4)cc3)c3c(N)ncnc32)C1.COCCNC/C=C/C(=O)N1CCC(n2nc(-c3ccc(Oc4ccccc4)cc3)c3c(N)ncnc32)C1. The predicted molar refractivity (Wildman–Crippen MR) is 455 cm³/mol. The molecule has 8 N–H and O–H groups in total. The predicted octanol–water partition coefficient (Wildman–Crippen LogP) is 10.5. The summed E-state index contributed by atoms with van der Waals surface area (Å²) in [7, 11) is 11.9. The van der Waals surface area contributed by atoms with Crippen LogP contribution in [0.15, 0.2) is 219 Å². The van der Waals surface area contributed by atoms with E-state index < -0.39 is 0 Å². The highest BCUT2D eigenvalue weighted by molar-refractivity contribution is 6.00. The summed E-state index contributed by atoms with van der Waals surface area (Å²) >= 11 is 0. The Morgan fingerprint density at radius 2 is 0.744 bits per heavy atom. The number of amides is 3. The highest BCUT2D eigenvalue weighted by Crippen LogP contribution is 2.39. The average Bonchev–Trinajstić information content (AvgIpc) is 1.62. The third-order valence-corrected chi connectivity index (χ3v) is 20.2. The van der Waals surface area contributed by atoms with Crippen LogP contribution in [0, 0.1) is 0 Å². The number of rotatable bonds is 30. The van der Waals surface area contributed by atoms with Crippen molar-refractivity contribution in [2.75, 3.05) is 158 Å². The number of methoxy groups -OCH3 is 1. The van der Waals surface area contributed by atoms with Crippen LogP contribution in [0.3, 0.4) is 0 Å². The molecule has 0 bridgehead atoms. The fraction of sp³-hybridized carbons (Fsp3) is 0.310. The summed E-state index contributed by atoms with van der Waals surface area (Å²) in [6.07, 6.45) is 17.3. The van der Waals surface area contributed by atoms with Gasteiger partial charge in [-0.1, -0.05) is 72.8 Å². The number of para-hydroxylation sites is 3. The standard InChI is InChI=1S/C30H36N8O2.C29H34N8O2.C28H31N7O3/c1-35(2)18-19-36(3)16-7-10-26(39)37-17-15-23(20-37)38-30-27(29(31)32-21-33-30)28(34-38)22-11-13-25(14-12-22)40-24-8-5-4-6-9-24;1-35(2)18-16-31-15-6-9-25(38)36-17-14-22(19-36)37-29-26(28(30)32-20-33-29)27(34-37)21-10-12-24(13-11-21)39-23-7-4-3-5-8-23;1-37-17-15-30-14-5-8-24(36)34-16-13-21(18-34)35-28-25(27(29)31-19-32-28)26(33-35)20-9-11-23(12-10-20)38-22-6-3-2-4-7-22/h4-14,21,23H,15-20H2,1-3H3,(H2,31,32,33);3-13,20,22,31H,14-19H2,1-2H3,(H2,30,32,33);2-12,19,21,30H,13-18H2,1H3,(H2,29,31,32)/b10-7+;9-6+;8-5+. The number of nitrogens with one attached hydrogen (secondary N) is 2. The minimum Gasteiger partial charge on any atom is -0.457 e. The Bertz CT molecular complexity index is 5350. The number of hydrogen-bond donors (Lipinski definition) is 5. The molecule has 0 aliphatic carbocycles. The van der Waals surface area contributed by atoms with Crippen molar-refractivity contribution in [1.82, 2.24) is 99.3 Å². The van der Waals surface area contributed by atoms with Gasteiger partial charge in [-0.25, -0.2) is 43.9 Å². The second-order valence-electron chi connectivity index (χ2n) is 29.2. The molecule has 15 rings (SSSR count). The monoisotopic (exact) mass is 1580 g/mol. The van der Waals surface area contributed by atoms with Crippen LogP contribution in [-0.4, -0.2) is 247 Å². The van der Waals surface area contributed by atoms with Gasteiger partial charge in [0.1, 0.15) is 88.0 Å². The molecule has 3 unspecified atom stereocenters. The van der Waals surface area contributed by atoms with Crippen LogP contribution in [0.4, 0.5) is 17.5 Å². The van der Waals surface area contributed by atoms with E-state index in [1.54, 1.807) is 25.3 Å². The average molecular weight is 1580 g/mol. The largest absolute Gasteiger partial charge is 0.457 e. The van der Waals surface area contributed by atoms with E-state index in [1.165, 1.54) is 19.0 Å². The Kier molecular flexibility index (Phi) is 28.1. The summed E-state index contributed by atoms with van der Waals surface area (Å²) in [4.78, 5) is 76.7. The molecule has 30 heteroatoms. The van der Waals surface area contributed by atoms with Crippen LogP contribution >= 0.6 is 0 Å². The molecule has 0 radical (unpaired) electrons. The normalized spacial score (nSPS) is 15.6. The number of carbonyl (C=O) groups excluding carboxylic acids is 3. The third kappa shape index (κ3) is 21.4. The number of likely N-dealkylation sites (N-methyl/N-ethyl adjacent to an activating group) is 3. The third-order valence-electron chi connectivity index (χ3n) is 20.2. The van der Waals surface area contributed by atoms with Gasteiger partial charge in [0.05, 0.1) is 40.9 Å². The molecule has 30 nitrogen and oxygen atoms in total. The van der Waals surface area contributed by atoms with E-state index in [4.69, 9.17) is 51.4 Å². The number of fused-ring (bicyclic) bond motifs is 3. The molecular weight excluding hydrogens is 1480 g/mol. The minimum absolute atomic E-state index is 0.00624. The van der Waals surface area contributed by atoms with Crippen LogP contribution < -0.4 is 42.0 Å². The van der Waals surface area contributed by atoms with Crippen LogP contribution in [0.1, 0.15) is 37.4 Å². The molecular formula is C87H101N23O7. The summed E-state index contributed by atoms with van der Waals surface area (Å²) in [5.41, 5.74) is 25.7. The Balaban J connectivity index is 0.000000152. The highest BCUT2D eigenvalue weighted by Gasteiger charge is 2.34. The van der Waals surface area contributed by atoms with Gasteiger partial charge >= 0.3 is 0 Å². The molecule has 3 aliphatic heterocycles. The first-order chi connectivity index (χ1) is 57.0. The number of nitrogens with two attached hydrogens (primary N) is 3. The lowest BCUT2D eigenvalue weighted by Gasteiger charge is -2.18. The van der Waals surface area contributed by atoms with Crippen molar-refractivity contribution in [1.29, 1.82) is 0 Å². The van der Waals surface area contributed by atoms with Crippen molar-refractivity contribution in [3.63, 3.8) is 0 Å². The van der Waals surface area contributed by atoms with Gasteiger partial charge in [-0.2, -0.15) is 15.3 Å². The number of nitrogen functional groups attached to an aromatic ring is 3. The Labute approximate surface area is 680 Å². The van der Waals surface area contributed by atoms with Gasteiger partial charge in [0.2, 0.25) is 17.7 Å². The van der Waals surface area contributed by atoms with E-state index in [0.29, 0.717) is 127 Å². The van der Waals surface area contributed by atoms with Gasteiger partial charge in [0.15, 0.2) is 16.9 Å². The Morgan fingerprint density at radius 1 is 0.419 bits per heavy atom. The molecule has 3 aliphatic rings. The second-order valence-corrected chi connectivity index (χ2v) is 29.2. The molecule has 3 fully saturated rings. The first-order valence-electron chi connectivity index (χ1n) is 39.2. The van der Waals surface area contributed by atoms with Crippen LogP contribution in [0.2, 0.25) is 0 Å². The van der Waals surface area contributed by atoms with E-state index in [2.05, 4.69) is 76.4 Å². The zero-order valence-electron chi connectivity index (χ0n) is 66.9. The fourth-order valence-electron chi connectivity index (χ4n) is 14.0. The minimum atomic E-state index is -0.0154. The first-order valence-corrected chi connectivity index (χ1v) is 39.2. The van der Waals surface area contributed by atoms with Gasteiger partial charge in [-0.3, -0.25) is 14.4 Å². The van der Waals surface area contributed by atoms with Crippen molar-refractivity contribution >= 4 is 68.3 Å². The quantitative estimate of drug-likeness (QED) is 0.0206.